The van der Waals surface area contributed by atoms with Gasteiger partial charge in [0, 0.05) is 87.2 Å². The number of carboxylic acids is 1. The van der Waals surface area contributed by atoms with E-state index in [9.17, 15) is 14.4 Å². The Balaban J connectivity index is 1.13. The lowest BCUT2D eigenvalue weighted by Gasteiger charge is -2.25. The van der Waals surface area contributed by atoms with Crippen molar-refractivity contribution in [3.63, 3.8) is 0 Å². The molecule has 3 aromatic rings. The number of hydrogen-bond acceptors (Lipinski definition) is 16. The number of ether oxygens (including phenoxy) is 3. The van der Waals surface area contributed by atoms with Crippen molar-refractivity contribution in [3.8, 4) is 5.75 Å². The summed E-state index contributed by atoms with van der Waals surface area (Å²) in [4.78, 5) is 42.8. The molecule has 3 aromatic carbocycles. The number of carbonyl (C=O) groups is 3. The highest BCUT2D eigenvalue weighted by Gasteiger charge is 2.45. The molecular weight excluding hydrogens is 923 g/mol. The van der Waals surface area contributed by atoms with Crippen LogP contribution in [0.4, 0.5) is 11.4 Å². The van der Waals surface area contributed by atoms with Gasteiger partial charge in [0.05, 0.1) is 42.7 Å². The molecule has 0 saturated carbocycles. The molecule has 1 atom stereocenters. The molecule has 0 aromatic heterocycles. The topological polar surface area (TPSA) is 256 Å². The molecule has 68 heavy (non-hydrogen) atoms. The molecule has 1 unspecified atom stereocenters. The summed E-state index contributed by atoms with van der Waals surface area (Å²) >= 11 is 1.85. The highest BCUT2D eigenvalue weighted by Crippen LogP contribution is 2.49. The number of azide groups is 1. The van der Waals surface area contributed by atoms with Crippen LogP contribution in [0.5, 0.6) is 5.75 Å². The van der Waals surface area contributed by atoms with Crippen molar-refractivity contribution in [2.75, 3.05) is 57.5 Å². The third-order valence-electron chi connectivity index (χ3n) is 11.3. The number of carbonyl (C=O) groups excluding carboxylic acids is 2. The first-order valence-electron chi connectivity index (χ1n) is 21.9. The van der Waals surface area contributed by atoms with Crippen LogP contribution in [-0.4, -0.2) is 103 Å². The summed E-state index contributed by atoms with van der Waals surface area (Å²) in [6.45, 7) is 12.1. The van der Waals surface area contributed by atoms with Crippen molar-refractivity contribution in [3.05, 3.63) is 112 Å². The number of rotatable bonds is 29. The number of aliphatic carboxylic acids is 1. The largest absolute Gasteiger partial charge is 0.491 e. The molecule has 0 radical (unpaired) electrons. The Bertz CT molecular complexity index is 2370. The van der Waals surface area contributed by atoms with Crippen LogP contribution in [0.25, 0.3) is 10.4 Å². The average molecular weight is 981 g/mol. The SMILES string of the molecule is CCN1/C(=C/C=C/C2=[N+](CCCCCC(=O)NCCNC(=O)c3cccc(OCC(N=[N+]=[N-])OCCOCC(=O)O)c3)c3ccc(SOOO)cc3C2(C)C)C(C)(C)c2cc(SOOO)ccc21. The van der Waals surface area contributed by atoms with E-state index >= 15 is 0 Å². The zero-order chi connectivity index (χ0) is 49.1. The predicted octanol–water partition coefficient (Wildman–Crippen LogP) is 8.42. The van der Waals surface area contributed by atoms with Gasteiger partial charge in [-0.2, -0.15) is 4.58 Å². The fourth-order valence-corrected chi connectivity index (χ4v) is 8.90. The first-order valence-corrected chi connectivity index (χ1v) is 23.4. The van der Waals surface area contributed by atoms with Gasteiger partial charge in [-0.1, -0.05) is 41.2 Å². The van der Waals surface area contributed by atoms with Gasteiger partial charge in [0.25, 0.3) is 5.91 Å². The van der Waals surface area contributed by atoms with Gasteiger partial charge in [0.1, 0.15) is 25.5 Å². The second kappa shape index (κ2) is 26.3. The van der Waals surface area contributed by atoms with E-state index in [0.29, 0.717) is 30.7 Å². The van der Waals surface area contributed by atoms with E-state index in [1.54, 1.807) is 18.2 Å². The van der Waals surface area contributed by atoms with E-state index in [4.69, 9.17) is 44.0 Å². The number of carboxylic acid groups (broad SMARTS) is 1. The van der Waals surface area contributed by atoms with E-state index in [1.807, 2.05) is 30.3 Å². The van der Waals surface area contributed by atoms with Crippen molar-refractivity contribution >= 4 is 59.0 Å². The number of likely N-dealkylation sites (N-methyl/N-ethyl adjacent to an activating group) is 1. The molecule has 0 bridgehead atoms. The van der Waals surface area contributed by atoms with Gasteiger partial charge >= 0.3 is 5.97 Å². The van der Waals surface area contributed by atoms with Crippen LogP contribution < -0.4 is 20.3 Å². The second-order valence-corrected chi connectivity index (χ2v) is 18.0. The second-order valence-electron chi connectivity index (χ2n) is 16.5. The van der Waals surface area contributed by atoms with Gasteiger partial charge < -0.3 is 34.9 Å². The molecule has 5 rings (SSSR count). The number of amides is 2. The molecule has 2 aliphatic rings. The number of anilines is 1. The van der Waals surface area contributed by atoms with Crippen molar-refractivity contribution in [2.24, 2.45) is 5.11 Å². The predicted molar refractivity (Wildman–Crippen MR) is 253 cm³/mol. The molecule has 366 valence electrons. The van der Waals surface area contributed by atoms with Crippen molar-refractivity contribution in [2.45, 2.75) is 87.2 Å². The number of benzene rings is 3. The zero-order valence-electron chi connectivity index (χ0n) is 38.5. The summed E-state index contributed by atoms with van der Waals surface area (Å²) in [5, 5.41) is 43.0. The summed E-state index contributed by atoms with van der Waals surface area (Å²) in [7, 11) is 0. The average Bonchev–Trinajstić information content (AvgIpc) is 3.67. The Morgan fingerprint density at radius 1 is 0.912 bits per heavy atom. The summed E-state index contributed by atoms with van der Waals surface area (Å²) in [6, 6.07) is 18.4. The molecule has 0 saturated heterocycles. The van der Waals surface area contributed by atoms with Crippen LogP contribution in [0.3, 0.4) is 0 Å². The van der Waals surface area contributed by atoms with Crippen LogP contribution in [0.1, 0.15) is 81.8 Å². The van der Waals surface area contributed by atoms with Crippen molar-refractivity contribution in [1.29, 1.82) is 0 Å². The quantitative estimate of drug-likeness (QED) is 0.00639. The van der Waals surface area contributed by atoms with Gasteiger partial charge in [-0.25, -0.2) is 15.3 Å². The molecule has 2 aliphatic heterocycles. The van der Waals surface area contributed by atoms with Gasteiger partial charge in [0.2, 0.25) is 11.6 Å². The maximum absolute atomic E-state index is 12.9. The van der Waals surface area contributed by atoms with Crippen LogP contribution >= 0.6 is 24.1 Å². The number of hydrogen-bond donors (Lipinski definition) is 5. The number of nitrogens with zero attached hydrogens (tertiary/aromatic N) is 5. The Morgan fingerprint density at radius 3 is 2.34 bits per heavy atom. The number of allylic oxidation sites excluding steroid dienone is 4. The van der Waals surface area contributed by atoms with Gasteiger partial charge in [0.15, 0.2) is 11.9 Å². The van der Waals surface area contributed by atoms with Crippen molar-refractivity contribution < 1.29 is 67.5 Å². The standard InChI is InChI=1S/C46H57N7O13S2/c1-6-52-37-19-17-33(67-65-63-58)27-35(37)45(2,3)39(52)14-11-15-40-46(4,5)36-28-34(68-66-64-59)18-20-38(36)53(40)23-9-7-8-16-41(54)48-21-22-49-44(57)31-12-10-13-32(26-31)62-29-42(50-51-47)61-25-24-60-30-43(55)56/h10-15,17-20,26-28,42H,6-9,16,21-25,29-30H2,1-5H3,(H4-,48,49,54,55,56,57,58,59)/p+1. The molecule has 20 nitrogen and oxygen atoms in total. The van der Waals surface area contributed by atoms with Crippen molar-refractivity contribution in [1.82, 2.24) is 10.6 Å². The highest BCUT2D eigenvalue weighted by atomic mass is 32.2. The number of nitrogens with one attached hydrogen (secondary N) is 2. The van der Waals surface area contributed by atoms with Crippen LogP contribution in [0, 0.1) is 0 Å². The minimum absolute atomic E-state index is 0.0192. The van der Waals surface area contributed by atoms with E-state index in [-0.39, 0.29) is 50.1 Å². The number of fused-ring (bicyclic) bond motifs is 2. The summed E-state index contributed by atoms with van der Waals surface area (Å²) in [5.74, 6) is -1.27. The normalized spacial score (nSPS) is 15.6. The lowest BCUT2D eigenvalue weighted by atomic mass is 9.81. The minimum atomic E-state index is -1.12. The molecule has 0 fully saturated rings. The van der Waals surface area contributed by atoms with E-state index in [2.05, 4.69) is 99.1 Å². The van der Waals surface area contributed by atoms with Gasteiger partial charge in [-0.05, 0) is 99.3 Å². The Labute approximate surface area is 403 Å². The van der Waals surface area contributed by atoms with Crippen LogP contribution in [0.15, 0.2) is 99.5 Å². The lowest BCUT2D eigenvalue weighted by molar-refractivity contribution is -0.438. The first kappa shape index (κ1) is 53.5. The Kier molecular flexibility index (Phi) is 20.7. The summed E-state index contributed by atoms with van der Waals surface area (Å²) < 4.78 is 27.7. The zero-order valence-corrected chi connectivity index (χ0v) is 40.2. The Hall–Kier alpha value is -5.49. The fourth-order valence-electron chi connectivity index (χ4n) is 8.10. The third kappa shape index (κ3) is 14.5. The molecular formula is C46H58N7O13S2+. The molecule has 0 spiro atoms. The minimum Gasteiger partial charge on any atom is -0.491 e. The third-order valence-corrected chi connectivity index (χ3v) is 12.5. The van der Waals surface area contributed by atoms with E-state index < -0.39 is 24.2 Å². The van der Waals surface area contributed by atoms with Crippen LogP contribution in [0.2, 0.25) is 0 Å². The molecule has 22 heteroatoms. The highest BCUT2D eigenvalue weighted by molar-refractivity contribution is 7.94. The maximum atomic E-state index is 12.9. The smallest absolute Gasteiger partial charge is 0.329 e. The van der Waals surface area contributed by atoms with E-state index in [0.717, 1.165) is 87.2 Å². The van der Waals surface area contributed by atoms with Gasteiger partial charge in [-0.15, -0.1) is 8.67 Å². The lowest BCUT2D eigenvalue weighted by Crippen LogP contribution is -2.34. The monoisotopic (exact) mass is 980 g/mol. The molecule has 5 N–H and O–H groups in total. The molecule has 2 heterocycles. The molecule has 2 amide bonds. The Morgan fingerprint density at radius 2 is 1.63 bits per heavy atom. The van der Waals surface area contributed by atoms with E-state index in [1.165, 1.54) is 6.07 Å². The fraction of sp³-hybridized carbons (Fsp3) is 0.435. The molecule has 0 aliphatic carbocycles. The summed E-state index contributed by atoms with van der Waals surface area (Å²) in [5.41, 5.74) is 15.1. The number of unbranched alkanes of at least 4 members (excludes halogenated alkanes) is 2. The maximum Gasteiger partial charge on any atom is 0.329 e. The summed E-state index contributed by atoms with van der Waals surface area (Å²) in [6.07, 6.45) is 8.05. The van der Waals surface area contributed by atoms with Gasteiger partial charge in [-0.3, -0.25) is 9.59 Å². The first-order chi connectivity index (χ1) is 32.7. The van der Waals surface area contributed by atoms with Crippen LogP contribution in [-0.2, 0) is 48.6 Å².